The molecule has 0 saturated carbocycles. The fourth-order valence-corrected chi connectivity index (χ4v) is 5.41. The molecule has 3 aliphatic rings. The van der Waals surface area contributed by atoms with Crippen LogP contribution in [0.15, 0.2) is 12.1 Å². The van der Waals surface area contributed by atoms with E-state index in [9.17, 15) is 9.18 Å². The molecule has 0 aliphatic carbocycles. The lowest BCUT2D eigenvalue weighted by molar-refractivity contribution is 0.0184. The minimum absolute atomic E-state index is 0.128. The van der Waals surface area contributed by atoms with Crippen LogP contribution >= 0.6 is 11.6 Å². The minimum atomic E-state index is -0.501. The molecule has 5 rings (SSSR count). The fraction of sp³-hybridized carbons (Fsp3) is 0.600. The number of anilines is 3. The van der Waals surface area contributed by atoms with Gasteiger partial charge in [0.25, 0.3) is 0 Å². The van der Waals surface area contributed by atoms with E-state index in [0.29, 0.717) is 19.6 Å². The number of likely N-dealkylation sites (tertiary alicyclic amines) is 1. The van der Waals surface area contributed by atoms with Gasteiger partial charge in [-0.05, 0) is 39.7 Å². The Morgan fingerprint density at radius 2 is 1.91 bits per heavy atom. The van der Waals surface area contributed by atoms with Crippen LogP contribution in [-0.4, -0.2) is 66.1 Å². The Balaban J connectivity index is 1.43. The molecule has 3 aliphatic heterocycles. The molecule has 1 aromatic carbocycles. The van der Waals surface area contributed by atoms with Crippen LogP contribution in [0.3, 0.4) is 0 Å². The molecule has 10 heteroatoms. The summed E-state index contributed by atoms with van der Waals surface area (Å²) in [5.41, 5.74) is 3.61. The molecule has 0 bridgehead atoms. The number of rotatable bonds is 2. The molecule has 35 heavy (non-hydrogen) atoms. The summed E-state index contributed by atoms with van der Waals surface area (Å²) in [6, 6.07) is 3.43. The summed E-state index contributed by atoms with van der Waals surface area (Å²) in [7, 11) is 2.00. The van der Waals surface area contributed by atoms with Crippen molar-refractivity contribution < 1.29 is 13.9 Å². The van der Waals surface area contributed by atoms with Crippen LogP contribution in [0, 0.1) is 5.82 Å². The van der Waals surface area contributed by atoms with Crippen molar-refractivity contribution in [3.63, 3.8) is 0 Å². The minimum Gasteiger partial charge on any atom is -0.444 e. The molecule has 190 valence electrons. The van der Waals surface area contributed by atoms with Gasteiger partial charge in [-0.15, -0.1) is 0 Å². The molecule has 1 amide bonds. The average molecular weight is 505 g/mol. The predicted molar refractivity (Wildman–Crippen MR) is 135 cm³/mol. The maximum absolute atomic E-state index is 14.5. The fourth-order valence-electron chi connectivity index (χ4n) is 5.25. The van der Waals surface area contributed by atoms with Crippen molar-refractivity contribution in [2.75, 3.05) is 49.6 Å². The first-order valence-electron chi connectivity index (χ1n) is 12.4. The Labute approximate surface area is 210 Å². The number of hydrogen-bond acceptors (Lipinski definition) is 6. The third kappa shape index (κ3) is 4.68. The van der Waals surface area contributed by atoms with Gasteiger partial charge in [0.05, 0.1) is 22.4 Å². The molecule has 1 aromatic heterocycles. The zero-order valence-corrected chi connectivity index (χ0v) is 21.7. The summed E-state index contributed by atoms with van der Waals surface area (Å²) in [6.07, 6.45) is 2.29. The van der Waals surface area contributed by atoms with Gasteiger partial charge in [0, 0.05) is 70.1 Å². The largest absolute Gasteiger partial charge is 0.444 e. The number of ether oxygens (including phenoxy) is 1. The second kappa shape index (κ2) is 9.17. The van der Waals surface area contributed by atoms with Gasteiger partial charge in [-0.3, -0.25) is 4.68 Å². The molecule has 0 spiro atoms. The van der Waals surface area contributed by atoms with Gasteiger partial charge >= 0.3 is 6.09 Å². The Bertz CT molecular complexity index is 1120. The van der Waals surface area contributed by atoms with Crippen LogP contribution in [0.4, 0.5) is 26.4 Å². The number of nitrogens with one attached hydrogen (secondary N) is 1. The summed E-state index contributed by atoms with van der Waals surface area (Å²) in [5, 5.41) is 8.75. The summed E-state index contributed by atoms with van der Waals surface area (Å²) in [6.45, 7) is 10.1. The Hall–Kier alpha value is -2.52. The highest BCUT2D eigenvalue weighted by Gasteiger charge is 2.34. The van der Waals surface area contributed by atoms with Crippen LogP contribution < -0.4 is 15.1 Å². The van der Waals surface area contributed by atoms with Crippen molar-refractivity contribution in [2.45, 2.75) is 58.2 Å². The number of halogens is 2. The number of fused-ring (bicyclic) bond motifs is 2. The quantitative estimate of drug-likeness (QED) is 0.650. The third-order valence-electron chi connectivity index (χ3n) is 7.03. The molecule has 0 radical (unpaired) electrons. The van der Waals surface area contributed by atoms with E-state index in [1.807, 2.05) is 27.8 Å². The molecule has 4 heterocycles. The number of amides is 1. The SMILES string of the molecule is CN1CCN(c2nn(C3CCN(C(=O)OC(C)(C)C)CC3)c3c2CNCC3)c2cc(F)c(Cl)cc21. The molecule has 1 fully saturated rings. The number of carbonyl (C=O) groups excluding carboxylic acids is 1. The van der Waals surface area contributed by atoms with E-state index >= 15 is 0 Å². The van der Waals surface area contributed by atoms with E-state index in [4.69, 9.17) is 21.4 Å². The topological polar surface area (TPSA) is 65.9 Å². The van der Waals surface area contributed by atoms with Gasteiger partial charge in [-0.1, -0.05) is 11.6 Å². The van der Waals surface area contributed by atoms with Crippen molar-refractivity contribution in [2.24, 2.45) is 0 Å². The van der Waals surface area contributed by atoms with Crippen molar-refractivity contribution in [3.05, 3.63) is 34.2 Å². The molecule has 0 atom stereocenters. The molecule has 2 aromatic rings. The lowest BCUT2D eigenvalue weighted by Crippen LogP contribution is -2.42. The molecular formula is C25H34ClFN6O2. The van der Waals surface area contributed by atoms with Gasteiger partial charge in [0.2, 0.25) is 0 Å². The normalized spacial score (nSPS) is 19.0. The maximum atomic E-state index is 14.5. The zero-order valence-electron chi connectivity index (χ0n) is 20.9. The van der Waals surface area contributed by atoms with Gasteiger partial charge < -0.3 is 24.8 Å². The van der Waals surface area contributed by atoms with Crippen LogP contribution in [-0.2, 0) is 17.7 Å². The zero-order chi connectivity index (χ0) is 24.9. The summed E-state index contributed by atoms with van der Waals surface area (Å²) < 4.78 is 22.2. The number of nitrogens with zero attached hydrogens (tertiary/aromatic N) is 5. The van der Waals surface area contributed by atoms with Crippen molar-refractivity contribution in [1.29, 1.82) is 0 Å². The standard InChI is InChI=1S/C25H34ClFN6O2/c1-25(2,3)35-24(34)31-9-6-16(7-10-31)33-20-5-8-28-15-17(20)23(29-33)32-12-11-30(4)21-13-18(26)19(27)14-22(21)32/h13-14,16,28H,5-12,15H2,1-4H3. The summed E-state index contributed by atoms with van der Waals surface area (Å²) in [4.78, 5) is 18.5. The van der Waals surface area contributed by atoms with Gasteiger partial charge in [0.15, 0.2) is 5.82 Å². The van der Waals surface area contributed by atoms with E-state index in [1.165, 1.54) is 17.3 Å². The van der Waals surface area contributed by atoms with Gasteiger partial charge in [-0.2, -0.15) is 5.10 Å². The van der Waals surface area contributed by atoms with E-state index in [1.54, 1.807) is 11.0 Å². The smallest absolute Gasteiger partial charge is 0.410 e. The Morgan fingerprint density at radius 1 is 1.17 bits per heavy atom. The molecular weight excluding hydrogens is 471 g/mol. The molecule has 1 saturated heterocycles. The predicted octanol–water partition coefficient (Wildman–Crippen LogP) is 4.48. The highest BCUT2D eigenvalue weighted by molar-refractivity contribution is 6.31. The first-order chi connectivity index (χ1) is 16.6. The van der Waals surface area contributed by atoms with E-state index < -0.39 is 11.4 Å². The van der Waals surface area contributed by atoms with E-state index in [2.05, 4.69) is 19.8 Å². The Morgan fingerprint density at radius 3 is 2.63 bits per heavy atom. The third-order valence-corrected chi connectivity index (χ3v) is 7.32. The van der Waals surface area contributed by atoms with E-state index in [-0.39, 0.29) is 17.2 Å². The molecule has 8 nitrogen and oxygen atoms in total. The second-order valence-electron chi connectivity index (χ2n) is 10.6. The lowest BCUT2D eigenvalue weighted by Gasteiger charge is -2.36. The Kier molecular flexibility index (Phi) is 6.34. The van der Waals surface area contributed by atoms with Crippen LogP contribution in [0.1, 0.15) is 50.9 Å². The maximum Gasteiger partial charge on any atom is 0.410 e. The average Bonchev–Trinajstić information content (AvgIpc) is 3.19. The highest BCUT2D eigenvalue weighted by atomic mass is 35.5. The molecule has 0 unspecified atom stereocenters. The first kappa shape index (κ1) is 24.2. The number of carbonyl (C=O) groups is 1. The van der Waals surface area contributed by atoms with Crippen molar-refractivity contribution >= 4 is 34.9 Å². The van der Waals surface area contributed by atoms with Gasteiger partial charge in [-0.25, -0.2) is 9.18 Å². The van der Waals surface area contributed by atoms with Crippen LogP contribution in [0.5, 0.6) is 0 Å². The summed E-state index contributed by atoms with van der Waals surface area (Å²) >= 11 is 6.11. The monoisotopic (exact) mass is 504 g/mol. The second-order valence-corrected chi connectivity index (χ2v) is 11.1. The van der Waals surface area contributed by atoms with Crippen molar-refractivity contribution in [1.82, 2.24) is 20.0 Å². The van der Waals surface area contributed by atoms with Crippen molar-refractivity contribution in [3.8, 4) is 0 Å². The number of aromatic nitrogens is 2. The number of hydrogen-bond donors (Lipinski definition) is 1. The summed E-state index contributed by atoms with van der Waals surface area (Å²) in [5.74, 6) is 0.463. The van der Waals surface area contributed by atoms with Gasteiger partial charge in [0.1, 0.15) is 11.4 Å². The van der Waals surface area contributed by atoms with Crippen LogP contribution in [0.2, 0.25) is 5.02 Å². The highest BCUT2D eigenvalue weighted by Crippen LogP contribution is 2.42. The number of piperidine rings is 1. The van der Waals surface area contributed by atoms with Crippen LogP contribution in [0.25, 0.3) is 0 Å². The molecule has 1 N–H and O–H groups in total. The lowest BCUT2D eigenvalue weighted by atomic mass is 10.0. The first-order valence-corrected chi connectivity index (χ1v) is 12.8. The number of benzene rings is 1. The van der Waals surface area contributed by atoms with E-state index in [0.717, 1.165) is 56.1 Å². The number of likely N-dealkylation sites (N-methyl/N-ethyl adjacent to an activating group) is 1.